The molecule has 0 saturated heterocycles. The molecule has 0 aliphatic carbocycles. The molecule has 0 amide bonds. The van der Waals surface area contributed by atoms with Gasteiger partial charge in [-0.3, -0.25) is 4.79 Å². The zero-order valence-corrected chi connectivity index (χ0v) is 17.5. The van der Waals surface area contributed by atoms with E-state index in [1.807, 2.05) is 85.8 Å². The minimum absolute atomic E-state index is 0.297. The van der Waals surface area contributed by atoms with Crippen molar-refractivity contribution in [1.82, 2.24) is 4.98 Å². The first-order valence-electron chi connectivity index (χ1n) is 10.1. The fourth-order valence-corrected chi connectivity index (χ4v) is 3.26. The Hall–Kier alpha value is -3.86. The second kappa shape index (κ2) is 9.30. The first-order valence-corrected chi connectivity index (χ1v) is 10.1. The van der Waals surface area contributed by atoms with Crippen molar-refractivity contribution in [3.63, 3.8) is 0 Å². The van der Waals surface area contributed by atoms with Gasteiger partial charge in [-0.1, -0.05) is 42.5 Å². The zero-order chi connectivity index (χ0) is 21.6. The van der Waals surface area contributed by atoms with Crippen molar-refractivity contribution in [2.45, 2.75) is 27.1 Å². The summed E-state index contributed by atoms with van der Waals surface area (Å²) in [7, 11) is 0. The van der Waals surface area contributed by atoms with Crippen LogP contribution < -0.4 is 14.2 Å². The Labute approximate surface area is 181 Å². The number of aromatic nitrogens is 1. The van der Waals surface area contributed by atoms with Crippen LogP contribution in [-0.4, -0.2) is 11.0 Å². The number of carbonyl (C=O) groups is 1. The van der Waals surface area contributed by atoms with E-state index in [-0.39, 0.29) is 5.97 Å². The minimum atomic E-state index is -0.349. The smallest absolute Gasteiger partial charge is 0.308 e. The number of hydrogen-bond acceptors (Lipinski definition) is 5. The molecule has 0 bridgehead atoms. The predicted octanol–water partition coefficient (Wildman–Crippen LogP) is 5.63. The molecule has 0 N–H and O–H groups in total. The fraction of sp³-hybridized carbons (Fsp3) is 0.154. The summed E-state index contributed by atoms with van der Waals surface area (Å²) < 4.78 is 17.1. The molecule has 156 valence electrons. The molecule has 0 fully saturated rings. The average Bonchev–Trinajstić information content (AvgIpc) is 2.78. The van der Waals surface area contributed by atoms with Crippen molar-refractivity contribution < 1.29 is 19.0 Å². The van der Waals surface area contributed by atoms with Gasteiger partial charge in [0.15, 0.2) is 0 Å². The SMILES string of the molecule is CC(=O)Oc1c(C)cccc1COc1ccc(OCc2ccc3ccccc3n2)cc1. The highest BCUT2D eigenvalue weighted by Gasteiger charge is 2.10. The maximum atomic E-state index is 11.4. The van der Waals surface area contributed by atoms with Crippen molar-refractivity contribution in [1.29, 1.82) is 0 Å². The lowest BCUT2D eigenvalue weighted by Crippen LogP contribution is -2.07. The molecule has 5 nitrogen and oxygen atoms in total. The second-order valence-electron chi connectivity index (χ2n) is 7.20. The lowest BCUT2D eigenvalue weighted by molar-refractivity contribution is -0.132. The van der Waals surface area contributed by atoms with Crippen LogP contribution >= 0.6 is 0 Å². The van der Waals surface area contributed by atoms with Crippen LogP contribution in [0.25, 0.3) is 10.9 Å². The number of nitrogens with zero attached hydrogens (tertiary/aromatic N) is 1. The Bertz CT molecular complexity index is 1200. The van der Waals surface area contributed by atoms with Crippen LogP contribution in [-0.2, 0) is 18.0 Å². The monoisotopic (exact) mass is 413 g/mol. The third kappa shape index (κ3) is 5.20. The second-order valence-corrected chi connectivity index (χ2v) is 7.20. The van der Waals surface area contributed by atoms with Crippen LogP contribution in [0.15, 0.2) is 78.9 Å². The highest BCUT2D eigenvalue weighted by Crippen LogP contribution is 2.26. The predicted molar refractivity (Wildman–Crippen MR) is 119 cm³/mol. The van der Waals surface area contributed by atoms with Crippen LogP contribution in [0, 0.1) is 6.92 Å². The lowest BCUT2D eigenvalue weighted by Gasteiger charge is -2.13. The Morgan fingerprint density at radius 3 is 2.26 bits per heavy atom. The van der Waals surface area contributed by atoms with Gasteiger partial charge in [0, 0.05) is 17.9 Å². The Morgan fingerprint density at radius 1 is 0.806 bits per heavy atom. The summed E-state index contributed by atoms with van der Waals surface area (Å²) in [5.74, 6) is 1.64. The molecule has 4 rings (SSSR count). The van der Waals surface area contributed by atoms with Crippen LogP contribution in [0.1, 0.15) is 23.7 Å². The molecule has 0 radical (unpaired) electrons. The minimum Gasteiger partial charge on any atom is -0.489 e. The van der Waals surface area contributed by atoms with E-state index < -0.39 is 0 Å². The summed E-state index contributed by atoms with van der Waals surface area (Å²) in [5.41, 5.74) is 3.54. The van der Waals surface area contributed by atoms with Crippen molar-refractivity contribution >= 4 is 16.9 Å². The normalized spacial score (nSPS) is 10.6. The molecule has 1 aromatic heterocycles. The molecule has 0 atom stereocenters. The van der Waals surface area contributed by atoms with E-state index in [0.29, 0.717) is 24.7 Å². The van der Waals surface area contributed by atoms with E-state index >= 15 is 0 Å². The van der Waals surface area contributed by atoms with E-state index in [2.05, 4.69) is 4.98 Å². The molecular weight excluding hydrogens is 390 g/mol. The van der Waals surface area contributed by atoms with Crippen molar-refractivity contribution in [3.05, 3.63) is 95.7 Å². The van der Waals surface area contributed by atoms with Gasteiger partial charge in [0.2, 0.25) is 0 Å². The molecule has 0 unspecified atom stereocenters. The lowest BCUT2D eigenvalue weighted by atomic mass is 10.1. The third-order valence-electron chi connectivity index (χ3n) is 4.80. The van der Waals surface area contributed by atoms with Gasteiger partial charge < -0.3 is 14.2 Å². The Kier molecular flexibility index (Phi) is 6.13. The van der Waals surface area contributed by atoms with Crippen LogP contribution in [0.2, 0.25) is 0 Å². The number of carbonyl (C=O) groups excluding carboxylic acids is 1. The Morgan fingerprint density at radius 2 is 1.52 bits per heavy atom. The van der Waals surface area contributed by atoms with Crippen LogP contribution in [0.5, 0.6) is 17.2 Å². The quantitative estimate of drug-likeness (QED) is 0.290. The molecule has 3 aromatic carbocycles. The van der Waals surface area contributed by atoms with Crippen LogP contribution in [0.4, 0.5) is 0 Å². The summed E-state index contributed by atoms with van der Waals surface area (Å²) in [5, 5.41) is 1.11. The summed E-state index contributed by atoms with van der Waals surface area (Å²) in [6.07, 6.45) is 0. The molecule has 1 heterocycles. The first kappa shape index (κ1) is 20.4. The third-order valence-corrected chi connectivity index (χ3v) is 4.80. The van der Waals surface area contributed by atoms with E-state index in [9.17, 15) is 4.79 Å². The highest BCUT2D eigenvalue weighted by molar-refractivity contribution is 5.78. The van der Waals surface area contributed by atoms with Gasteiger partial charge in [0.05, 0.1) is 11.2 Å². The maximum Gasteiger partial charge on any atom is 0.308 e. The van der Waals surface area contributed by atoms with Crippen LogP contribution in [0.3, 0.4) is 0 Å². The molecule has 4 aromatic rings. The molecule has 0 spiro atoms. The van der Waals surface area contributed by atoms with Crippen molar-refractivity contribution in [2.24, 2.45) is 0 Å². The number of para-hydroxylation sites is 2. The molecular formula is C26H23NO4. The van der Waals surface area contributed by atoms with Gasteiger partial charge in [0.25, 0.3) is 0 Å². The number of rotatable bonds is 7. The van der Waals surface area contributed by atoms with E-state index in [1.54, 1.807) is 0 Å². The molecule has 0 aliphatic rings. The maximum absolute atomic E-state index is 11.4. The van der Waals surface area contributed by atoms with Gasteiger partial charge in [-0.2, -0.15) is 0 Å². The first-order chi connectivity index (χ1) is 15.1. The molecule has 5 heteroatoms. The summed E-state index contributed by atoms with van der Waals surface area (Å²) >= 11 is 0. The number of fused-ring (bicyclic) bond motifs is 1. The number of aryl methyl sites for hydroxylation is 1. The number of ether oxygens (including phenoxy) is 3. The number of pyridine rings is 1. The molecule has 0 saturated carbocycles. The topological polar surface area (TPSA) is 57.7 Å². The Balaban J connectivity index is 1.36. The van der Waals surface area contributed by atoms with Crippen molar-refractivity contribution in [3.8, 4) is 17.2 Å². The van der Waals surface area contributed by atoms with Gasteiger partial charge in [-0.05, 0) is 48.9 Å². The van der Waals surface area contributed by atoms with E-state index in [4.69, 9.17) is 14.2 Å². The summed E-state index contributed by atoms with van der Waals surface area (Å²) in [4.78, 5) is 16.0. The standard InChI is InChI=1S/C26H23NO4/c1-18-6-5-8-21(26(18)31-19(2)28)16-29-23-12-14-24(15-13-23)30-17-22-11-10-20-7-3-4-9-25(20)27-22/h3-15H,16-17H2,1-2H3. The number of hydrogen-bond donors (Lipinski definition) is 0. The highest BCUT2D eigenvalue weighted by atomic mass is 16.5. The summed E-state index contributed by atoms with van der Waals surface area (Å²) in [6.45, 7) is 3.98. The van der Waals surface area contributed by atoms with Gasteiger partial charge >= 0.3 is 5.97 Å². The average molecular weight is 413 g/mol. The number of esters is 1. The number of benzene rings is 3. The van der Waals surface area contributed by atoms with E-state index in [1.165, 1.54) is 6.92 Å². The summed E-state index contributed by atoms with van der Waals surface area (Å²) in [6, 6.07) is 25.2. The van der Waals surface area contributed by atoms with Crippen molar-refractivity contribution in [2.75, 3.05) is 0 Å². The largest absolute Gasteiger partial charge is 0.489 e. The van der Waals surface area contributed by atoms with Gasteiger partial charge in [-0.15, -0.1) is 0 Å². The molecule has 0 aliphatic heterocycles. The van der Waals surface area contributed by atoms with E-state index in [0.717, 1.165) is 33.5 Å². The fourth-order valence-electron chi connectivity index (χ4n) is 3.26. The van der Waals surface area contributed by atoms with Gasteiger partial charge in [0.1, 0.15) is 30.5 Å². The molecule has 31 heavy (non-hydrogen) atoms. The van der Waals surface area contributed by atoms with Gasteiger partial charge in [-0.25, -0.2) is 4.98 Å². The zero-order valence-electron chi connectivity index (χ0n) is 17.5.